The Kier molecular flexibility index (Phi) is 3.51. The highest BCUT2D eigenvalue weighted by Gasteiger charge is 2.15. The van der Waals surface area contributed by atoms with E-state index in [4.69, 9.17) is 0 Å². The van der Waals surface area contributed by atoms with Gasteiger partial charge in [0.25, 0.3) is 5.91 Å². The molecule has 0 aromatic heterocycles. The minimum Gasteiger partial charge on any atom is -0.350 e. The molecule has 1 atom stereocenters. The van der Waals surface area contributed by atoms with Crippen molar-refractivity contribution in [2.24, 2.45) is 0 Å². The first-order chi connectivity index (χ1) is 7.75. The largest absolute Gasteiger partial charge is 0.350 e. The Labute approximate surface area is 94.0 Å². The molecule has 1 aromatic carbocycles. The predicted octanol–water partition coefficient (Wildman–Crippen LogP) is 1.31. The van der Waals surface area contributed by atoms with Crippen LogP contribution in [0.5, 0.6) is 0 Å². The molecule has 1 aliphatic heterocycles. The van der Waals surface area contributed by atoms with E-state index in [0.29, 0.717) is 18.2 Å². The minimum absolute atomic E-state index is 0.215. The fraction of sp³-hybridized carbons (Fsp3) is 0.417. The SMILES string of the molecule is O=C(NCC1CCCN1)c1cccc(F)c1. The van der Waals surface area contributed by atoms with Crippen LogP contribution in [0.4, 0.5) is 4.39 Å². The first-order valence-electron chi connectivity index (χ1n) is 5.53. The Morgan fingerprint density at radius 3 is 3.12 bits per heavy atom. The van der Waals surface area contributed by atoms with Gasteiger partial charge in [0.1, 0.15) is 5.82 Å². The maximum atomic E-state index is 12.9. The van der Waals surface area contributed by atoms with Crippen LogP contribution in [0, 0.1) is 5.82 Å². The van der Waals surface area contributed by atoms with Crippen LogP contribution in [-0.2, 0) is 0 Å². The third-order valence-corrected chi connectivity index (χ3v) is 2.76. The van der Waals surface area contributed by atoms with Crippen molar-refractivity contribution >= 4 is 5.91 Å². The van der Waals surface area contributed by atoms with Crippen LogP contribution in [0.3, 0.4) is 0 Å². The smallest absolute Gasteiger partial charge is 0.251 e. The maximum absolute atomic E-state index is 12.9. The van der Waals surface area contributed by atoms with E-state index in [2.05, 4.69) is 10.6 Å². The highest BCUT2D eigenvalue weighted by Crippen LogP contribution is 2.05. The van der Waals surface area contributed by atoms with Crippen LogP contribution in [0.2, 0.25) is 0 Å². The van der Waals surface area contributed by atoms with E-state index in [0.717, 1.165) is 19.4 Å². The quantitative estimate of drug-likeness (QED) is 0.809. The summed E-state index contributed by atoms with van der Waals surface area (Å²) < 4.78 is 12.9. The van der Waals surface area contributed by atoms with Crippen molar-refractivity contribution in [1.82, 2.24) is 10.6 Å². The van der Waals surface area contributed by atoms with Gasteiger partial charge in [0, 0.05) is 18.2 Å². The summed E-state index contributed by atoms with van der Waals surface area (Å²) in [5, 5.41) is 6.09. The van der Waals surface area contributed by atoms with Gasteiger partial charge in [-0.1, -0.05) is 6.07 Å². The van der Waals surface area contributed by atoms with E-state index in [9.17, 15) is 9.18 Å². The lowest BCUT2D eigenvalue weighted by atomic mass is 10.2. The number of halogens is 1. The van der Waals surface area contributed by atoms with E-state index in [1.807, 2.05) is 0 Å². The van der Waals surface area contributed by atoms with Gasteiger partial charge in [-0.2, -0.15) is 0 Å². The molecule has 0 aliphatic carbocycles. The van der Waals surface area contributed by atoms with Gasteiger partial charge in [-0.15, -0.1) is 0 Å². The third-order valence-electron chi connectivity index (χ3n) is 2.76. The van der Waals surface area contributed by atoms with Crippen molar-refractivity contribution in [3.8, 4) is 0 Å². The Hall–Kier alpha value is -1.42. The molecule has 1 amide bonds. The van der Waals surface area contributed by atoms with Crippen LogP contribution in [-0.4, -0.2) is 25.0 Å². The summed E-state index contributed by atoms with van der Waals surface area (Å²) in [6, 6.07) is 6.09. The monoisotopic (exact) mass is 222 g/mol. The third kappa shape index (κ3) is 2.79. The molecule has 3 nitrogen and oxygen atoms in total. The zero-order valence-electron chi connectivity index (χ0n) is 9.00. The molecule has 1 saturated heterocycles. The summed E-state index contributed by atoms with van der Waals surface area (Å²) in [5.41, 5.74) is 0.373. The molecule has 16 heavy (non-hydrogen) atoms. The molecule has 1 aliphatic rings. The first-order valence-corrected chi connectivity index (χ1v) is 5.53. The number of carbonyl (C=O) groups is 1. The standard InChI is InChI=1S/C12H15FN2O/c13-10-4-1-3-9(7-10)12(16)15-8-11-5-2-6-14-11/h1,3-4,7,11,14H,2,5-6,8H2,(H,15,16). The Bertz CT molecular complexity index is 375. The fourth-order valence-corrected chi connectivity index (χ4v) is 1.88. The molecule has 86 valence electrons. The molecule has 0 spiro atoms. The Morgan fingerprint density at radius 2 is 2.44 bits per heavy atom. The van der Waals surface area contributed by atoms with Crippen molar-refractivity contribution in [2.45, 2.75) is 18.9 Å². The summed E-state index contributed by atoms with van der Waals surface area (Å²) in [6.45, 7) is 1.62. The van der Waals surface area contributed by atoms with E-state index in [-0.39, 0.29) is 11.7 Å². The second-order valence-electron chi connectivity index (χ2n) is 4.01. The number of nitrogens with one attached hydrogen (secondary N) is 2. The zero-order valence-corrected chi connectivity index (χ0v) is 9.00. The molecule has 1 heterocycles. The molecule has 0 radical (unpaired) electrons. The molecule has 1 aromatic rings. The lowest BCUT2D eigenvalue weighted by Gasteiger charge is -2.11. The Balaban J connectivity index is 1.87. The topological polar surface area (TPSA) is 41.1 Å². The number of amides is 1. The highest BCUT2D eigenvalue weighted by molar-refractivity contribution is 5.94. The molecule has 2 N–H and O–H groups in total. The number of hydrogen-bond donors (Lipinski definition) is 2. The summed E-state index contributed by atoms with van der Waals surface area (Å²) in [7, 11) is 0. The average Bonchev–Trinajstić information content (AvgIpc) is 2.78. The van der Waals surface area contributed by atoms with Gasteiger partial charge in [0.05, 0.1) is 0 Å². The van der Waals surface area contributed by atoms with Crippen LogP contribution in [0.15, 0.2) is 24.3 Å². The van der Waals surface area contributed by atoms with Crippen LogP contribution >= 0.6 is 0 Å². The summed E-state index contributed by atoms with van der Waals surface area (Å²) >= 11 is 0. The van der Waals surface area contributed by atoms with Gasteiger partial charge < -0.3 is 10.6 Å². The molecular weight excluding hydrogens is 207 g/mol. The van der Waals surface area contributed by atoms with Crippen molar-refractivity contribution in [3.63, 3.8) is 0 Å². The Morgan fingerprint density at radius 1 is 1.56 bits per heavy atom. The van der Waals surface area contributed by atoms with Gasteiger partial charge in [0.2, 0.25) is 0 Å². The summed E-state index contributed by atoms with van der Waals surface area (Å²) in [5.74, 6) is -0.597. The van der Waals surface area contributed by atoms with Crippen LogP contribution < -0.4 is 10.6 Å². The normalized spacial score (nSPS) is 19.7. The molecule has 0 saturated carbocycles. The second-order valence-corrected chi connectivity index (χ2v) is 4.01. The number of carbonyl (C=O) groups excluding carboxylic acids is 1. The van der Waals surface area contributed by atoms with E-state index < -0.39 is 0 Å². The van der Waals surface area contributed by atoms with Gasteiger partial charge in [-0.25, -0.2) is 4.39 Å². The summed E-state index contributed by atoms with van der Waals surface area (Å²) in [6.07, 6.45) is 2.24. The van der Waals surface area contributed by atoms with Gasteiger partial charge >= 0.3 is 0 Å². The van der Waals surface area contributed by atoms with Crippen molar-refractivity contribution in [2.75, 3.05) is 13.1 Å². The maximum Gasteiger partial charge on any atom is 0.251 e. The van der Waals surface area contributed by atoms with Crippen LogP contribution in [0.25, 0.3) is 0 Å². The zero-order chi connectivity index (χ0) is 11.4. The molecule has 1 unspecified atom stereocenters. The molecule has 1 fully saturated rings. The van der Waals surface area contributed by atoms with Crippen molar-refractivity contribution in [3.05, 3.63) is 35.6 Å². The minimum atomic E-state index is -0.383. The van der Waals surface area contributed by atoms with E-state index >= 15 is 0 Å². The van der Waals surface area contributed by atoms with Crippen LogP contribution in [0.1, 0.15) is 23.2 Å². The van der Waals surface area contributed by atoms with Crippen molar-refractivity contribution < 1.29 is 9.18 Å². The van der Waals surface area contributed by atoms with Gasteiger partial charge in [-0.05, 0) is 37.6 Å². The fourth-order valence-electron chi connectivity index (χ4n) is 1.88. The molecule has 2 rings (SSSR count). The number of hydrogen-bond acceptors (Lipinski definition) is 2. The molecular formula is C12H15FN2O. The second kappa shape index (κ2) is 5.07. The average molecular weight is 222 g/mol. The molecule has 0 bridgehead atoms. The first kappa shape index (κ1) is 11.1. The number of rotatable bonds is 3. The van der Waals surface area contributed by atoms with E-state index in [1.165, 1.54) is 18.2 Å². The highest BCUT2D eigenvalue weighted by atomic mass is 19.1. The van der Waals surface area contributed by atoms with Gasteiger partial charge in [-0.3, -0.25) is 4.79 Å². The predicted molar refractivity (Wildman–Crippen MR) is 59.8 cm³/mol. The lowest BCUT2D eigenvalue weighted by Crippen LogP contribution is -2.37. The van der Waals surface area contributed by atoms with Gasteiger partial charge in [0.15, 0.2) is 0 Å². The lowest BCUT2D eigenvalue weighted by molar-refractivity contribution is 0.0950. The number of benzene rings is 1. The summed E-state index contributed by atoms with van der Waals surface area (Å²) in [4.78, 5) is 11.6. The van der Waals surface area contributed by atoms with E-state index in [1.54, 1.807) is 6.07 Å². The van der Waals surface area contributed by atoms with Crippen molar-refractivity contribution in [1.29, 1.82) is 0 Å². The molecule has 4 heteroatoms.